The van der Waals surface area contributed by atoms with Crippen molar-refractivity contribution in [1.29, 1.82) is 0 Å². The SMILES string of the molecule is CCCS(=O)(=O)N1CCC(NC(=O)C(C)(C)CN)CC1. The summed E-state index contributed by atoms with van der Waals surface area (Å²) in [4.78, 5) is 12.0. The average Bonchev–Trinajstić information content (AvgIpc) is 2.39. The number of hydrogen-bond donors (Lipinski definition) is 2. The summed E-state index contributed by atoms with van der Waals surface area (Å²) in [5.74, 6) is 0.138. The molecule has 7 heteroatoms. The van der Waals surface area contributed by atoms with E-state index in [0.717, 1.165) is 0 Å². The number of nitrogens with zero attached hydrogens (tertiary/aromatic N) is 1. The first kappa shape index (κ1) is 17.4. The fourth-order valence-corrected chi connectivity index (χ4v) is 3.68. The van der Waals surface area contributed by atoms with Crippen LogP contribution in [0.5, 0.6) is 0 Å². The van der Waals surface area contributed by atoms with Crippen molar-refractivity contribution in [1.82, 2.24) is 9.62 Å². The van der Waals surface area contributed by atoms with Gasteiger partial charge in [0.05, 0.1) is 11.2 Å². The van der Waals surface area contributed by atoms with E-state index in [4.69, 9.17) is 5.73 Å². The van der Waals surface area contributed by atoms with E-state index >= 15 is 0 Å². The van der Waals surface area contributed by atoms with Crippen LogP contribution in [0.15, 0.2) is 0 Å². The van der Waals surface area contributed by atoms with E-state index in [9.17, 15) is 13.2 Å². The molecule has 0 unspecified atom stereocenters. The molecule has 1 fully saturated rings. The minimum Gasteiger partial charge on any atom is -0.353 e. The summed E-state index contributed by atoms with van der Waals surface area (Å²) in [6.07, 6.45) is 1.95. The predicted molar refractivity (Wildman–Crippen MR) is 79.7 cm³/mol. The highest BCUT2D eigenvalue weighted by atomic mass is 32.2. The maximum absolute atomic E-state index is 12.0. The van der Waals surface area contributed by atoms with Gasteiger partial charge in [0.1, 0.15) is 0 Å². The minimum atomic E-state index is -3.12. The quantitative estimate of drug-likeness (QED) is 0.738. The fourth-order valence-electron chi connectivity index (χ4n) is 2.14. The third-order valence-electron chi connectivity index (χ3n) is 3.77. The van der Waals surface area contributed by atoms with Gasteiger partial charge in [0, 0.05) is 25.7 Å². The molecule has 20 heavy (non-hydrogen) atoms. The van der Waals surface area contributed by atoms with Crippen LogP contribution in [0.2, 0.25) is 0 Å². The van der Waals surface area contributed by atoms with E-state index in [-0.39, 0.29) is 17.7 Å². The Kier molecular flexibility index (Phi) is 5.97. The largest absolute Gasteiger partial charge is 0.353 e. The average molecular weight is 305 g/mol. The topological polar surface area (TPSA) is 92.5 Å². The molecule has 0 aliphatic carbocycles. The fraction of sp³-hybridized carbons (Fsp3) is 0.923. The molecule has 0 atom stereocenters. The van der Waals surface area contributed by atoms with Crippen molar-refractivity contribution >= 4 is 15.9 Å². The highest BCUT2D eigenvalue weighted by Crippen LogP contribution is 2.18. The summed E-state index contributed by atoms with van der Waals surface area (Å²) in [5.41, 5.74) is 5.00. The number of rotatable bonds is 6. The monoisotopic (exact) mass is 305 g/mol. The Morgan fingerprint density at radius 3 is 2.35 bits per heavy atom. The van der Waals surface area contributed by atoms with Crippen molar-refractivity contribution < 1.29 is 13.2 Å². The Balaban J connectivity index is 2.49. The minimum absolute atomic E-state index is 0.0430. The van der Waals surface area contributed by atoms with Gasteiger partial charge in [-0.15, -0.1) is 0 Å². The van der Waals surface area contributed by atoms with Crippen molar-refractivity contribution in [3.05, 3.63) is 0 Å². The number of piperidine rings is 1. The molecule has 0 aromatic rings. The van der Waals surface area contributed by atoms with E-state index in [1.54, 1.807) is 0 Å². The molecular weight excluding hydrogens is 278 g/mol. The van der Waals surface area contributed by atoms with E-state index < -0.39 is 15.4 Å². The third-order valence-corrected chi connectivity index (χ3v) is 5.85. The van der Waals surface area contributed by atoms with Crippen LogP contribution in [-0.4, -0.2) is 50.1 Å². The number of sulfonamides is 1. The zero-order chi connectivity index (χ0) is 15.4. The van der Waals surface area contributed by atoms with E-state index in [0.29, 0.717) is 38.9 Å². The number of nitrogens with two attached hydrogens (primary N) is 1. The van der Waals surface area contributed by atoms with Crippen molar-refractivity contribution in [2.24, 2.45) is 11.1 Å². The number of nitrogens with one attached hydrogen (secondary N) is 1. The predicted octanol–water partition coefficient (Wildman–Crippen LogP) is 0.292. The second-order valence-corrected chi connectivity index (χ2v) is 8.14. The summed E-state index contributed by atoms with van der Waals surface area (Å²) < 4.78 is 25.4. The Bertz CT molecular complexity index is 426. The Morgan fingerprint density at radius 1 is 1.35 bits per heavy atom. The second-order valence-electron chi connectivity index (χ2n) is 6.05. The van der Waals surface area contributed by atoms with Crippen LogP contribution in [0, 0.1) is 5.41 Å². The van der Waals surface area contributed by atoms with Crippen LogP contribution >= 0.6 is 0 Å². The molecule has 3 N–H and O–H groups in total. The van der Waals surface area contributed by atoms with Crippen molar-refractivity contribution in [3.63, 3.8) is 0 Å². The van der Waals surface area contributed by atoms with E-state index in [1.165, 1.54) is 4.31 Å². The number of carbonyl (C=O) groups is 1. The van der Waals surface area contributed by atoms with Gasteiger partial charge in [-0.2, -0.15) is 0 Å². The lowest BCUT2D eigenvalue weighted by atomic mass is 9.91. The normalized spacial score (nSPS) is 19.0. The molecular formula is C13H27N3O3S. The highest BCUT2D eigenvalue weighted by Gasteiger charge is 2.31. The van der Waals surface area contributed by atoms with Gasteiger partial charge in [-0.1, -0.05) is 6.92 Å². The maximum Gasteiger partial charge on any atom is 0.227 e. The molecule has 1 rings (SSSR count). The summed E-state index contributed by atoms with van der Waals surface area (Å²) in [6, 6.07) is 0.0430. The second kappa shape index (κ2) is 6.87. The van der Waals surface area contributed by atoms with Crippen LogP contribution in [0.1, 0.15) is 40.0 Å². The van der Waals surface area contributed by atoms with Gasteiger partial charge in [-0.05, 0) is 33.1 Å². The van der Waals surface area contributed by atoms with Crippen LogP contribution in [-0.2, 0) is 14.8 Å². The van der Waals surface area contributed by atoms with Crippen LogP contribution in [0.4, 0.5) is 0 Å². The molecule has 0 aromatic carbocycles. The molecule has 0 aromatic heterocycles. The first-order chi connectivity index (χ1) is 9.23. The van der Waals surface area contributed by atoms with Crippen molar-refractivity contribution in [2.45, 2.75) is 46.1 Å². The van der Waals surface area contributed by atoms with E-state index in [1.807, 2.05) is 20.8 Å². The smallest absolute Gasteiger partial charge is 0.227 e. The lowest BCUT2D eigenvalue weighted by molar-refractivity contribution is -0.129. The Hall–Kier alpha value is -0.660. The molecule has 1 amide bonds. The van der Waals surface area contributed by atoms with Crippen LogP contribution < -0.4 is 11.1 Å². The summed E-state index contributed by atoms with van der Waals surface area (Å²) in [7, 11) is -3.12. The summed E-state index contributed by atoms with van der Waals surface area (Å²) >= 11 is 0. The zero-order valence-corrected chi connectivity index (χ0v) is 13.5. The third kappa shape index (κ3) is 4.43. The molecule has 1 saturated heterocycles. The van der Waals surface area contributed by atoms with Gasteiger partial charge in [0.2, 0.25) is 15.9 Å². The number of amides is 1. The standard InChI is InChI=1S/C13H27N3O3S/c1-4-9-20(18,19)16-7-5-11(6-8-16)15-12(17)13(2,3)10-14/h11H,4-10,14H2,1-3H3,(H,15,17). The van der Waals surface area contributed by atoms with Gasteiger partial charge in [-0.25, -0.2) is 12.7 Å². The molecule has 6 nitrogen and oxygen atoms in total. The van der Waals surface area contributed by atoms with Gasteiger partial charge in [0.15, 0.2) is 0 Å². The van der Waals surface area contributed by atoms with Gasteiger partial charge in [-0.3, -0.25) is 4.79 Å². The molecule has 1 heterocycles. The lowest BCUT2D eigenvalue weighted by Gasteiger charge is -2.33. The first-order valence-electron chi connectivity index (χ1n) is 7.22. The molecule has 0 spiro atoms. The zero-order valence-electron chi connectivity index (χ0n) is 12.7. The highest BCUT2D eigenvalue weighted by molar-refractivity contribution is 7.89. The van der Waals surface area contributed by atoms with Gasteiger partial charge < -0.3 is 11.1 Å². The lowest BCUT2D eigenvalue weighted by Crippen LogP contribution is -2.51. The van der Waals surface area contributed by atoms with Crippen LogP contribution in [0.3, 0.4) is 0 Å². The molecule has 118 valence electrons. The Morgan fingerprint density at radius 2 is 1.90 bits per heavy atom. The molecule has 0 radical (unpaired) electrons. The molecule has 0 bridgehead atoms. The molecule has 0 saturated carbocycles. The number of carbonyl (C=O) groups excluding carboxylic acids is 1. The number of hydrogen-bond acceptors (Lipinski definition) is 4. The molecule has 1 aliphatic heterocycles. The summed E-state index contributed by atoms with van der Waals surface area (Å²) in [6.45, 7) is 6.74. The van der Waals surface area contributed by atoms with E-state index in [2.05, 4.69) is 5.32 Å². The van der Waals surface area contributed by atoms with Crippen molar-refractivity contribution in [2.75, 3.05) is 25.4 Å². The molecule has 1 aliphatic rings. The van der Waals surface area contributed by atoms with Gasteiger partial charge >= 0.3 is 0 Å². The van der Waals surface area contributed by atoms with Gasteiger partial charge in [0.25, 0.3) is 0 Å². The Labute approximate surface area is 122 Å². The first-order valence-corrected chi connectivity index (χ1v) is 8.82. The maximum atomic E-state index is 12.0. The summed E-state index contributed by atoms with van der Waals surface area (Å²) in [5, 5.41) is 2.97. The van der Waals surface area contributed by atoms with Crippen LogP contribution in [0.25, 0.3) is 0 Å². The van der Waals surface area contributed by atoms with Crippen molar-refractivity contribution in [3.8, 4) is 0 Å².